The number of nitrogens with zero attached hydrogens (tertiary/aromatic N) is 3. The zero-order chi connectivity index (χ0) is 18.0. The summed E-state index contributed by atoms with van der Waals surface area (Å²) < 4.78 is 13.2. The monoisotopic (exact) mass is 406 g/mol. The molecule has 1 aliphatic heterocycles. The van der Waals surface area contributed by atoms with Crippen molar-refractivity contribution in [2.24, 2.45) is 0 Å². The van der Waals surface area contributed by atoms with E-state index in [0.717, 1.165) is 16.5 Å². The predicted molar refractivity (Wildman–Crippen MR) is 96.4 cm³/mol. The number of carbonyl (C=O) groups excluding carboxylic acids is 1. The van der Waals surface area contributed by atoms with E-state index in [2.05, 4.69) is 31.3 Å². The predicted octanol–water partition coefficient (Wildman–Crippen LogP) is 3.29. The van der Waals surface area contributed by atoms with Crippen LogP contribution in [0.25, 0.3) is 0 Å². The molecule has 1 aromatic carbocycles. The maximum absolute atomic E-state index is 12.7. The fourth-order valence-corrected chi connectivity index (χ4v) is 3.35. The fraction of sp³-hybridized carbons (Fsp3) is 0.353. The third kappa shape index (κ3) is 3.26. The molecule has 0 aliphatic carbocycles. The largest absolute Gasteiger partial charge is 0.496 e. The van der Waals surface area contributed by atoms with Crippen molar-refractivity contribution in [3.63, 3.8) is 0 Å². The number of anilines is 1. The van der Waals surface area contributed by atoms with Gasteiger partial charge in [-0.1, -0.05) is 13.0 Å². The van der Waals surface area contributed by atoms with Crippen LogP contribution in [0.1, 0.15) is 31.9 Å². The van der Waals surface area contributed by atoms with Gasteiger partial charge in [0.05, 0.1) is 23.8 Å². The van der Waals surface area contributed by atoms with E-state index in [1.165, 1.54) is 6.33 Å². The maximum atomic E-state index is 12.7. The van der Waals surface area contributed by atoms with Crippen LogP contribution in [0.5, 0.6) is 5.75 Å². The molecule has 1 unspecified atom stereocenters. The number of rotatable bonds is 5. The third-order valence-electron chi connectivity index (χ3n) is 3.94. The van der Waals surface area contributed by atoms with Crippen LogP contribution in [0.4, 0.5) is 5.95 Å². The molecule has 0 saturated carbocycles. The Morgan fingerprint density at radius 3 is 2.92 bits per heavy atom. The van der Waals surface area contributed by atoms with Gasteiger partial charge in [0, 0.05) is 5.70 Å². The molecule has 0 amide bonds. The Balaban J connectivity index is 2.09. The molecular weight excluding hydrogens is 388 g/mol. The van der Waals surface area contributed by atoms with Gasteiger partial charge in [-0.3, -0.25) is 0 Å². The van der Waals surface area contributed by atoms with Crippen LogP contribution in [-0.4, -0.2) is 34.5 Å². The van der Waals surface area contributed by atoms with E-state index >= 15 is 0 Å². The number of ether oxygens (including phenoxy) is 2. The summed E-state index contributed by atoms with van der Waals surface area (Å²) >= 11 is 3.50. The molecule has 1 atom stereocenters. The molecule has 1 N–H and O–H groups in total. The van der Waals surface area contributed by atoms with Crippen LogP contribution in [-0.2, 0) is 9.53 Å². The highest BCUT2D eigenvalue weighted by atomic mass is 79.9. The summed E-state index contributed by atoms with van der Waals surface area (Å²) in [5.41, 5.74) is 2.10. The Hall–Kier alpha value is -2.35. The second kappa shape index (κ2) is 7.26. The first-order chi connectivity index (χ1) is 12.1. The van der Waals surface area contributed by atoms with Gasteiger partial charge in [0.1, 0.15) is 18.1 Å². The number of benzene rings is 1. The summed E-state index contributed by atoms with van der Waals surface area (Å²) in [5, 5.41) is 7.40. The summed E-state index contributed by atoms with van der Waals surface area (Å²) in [6.45, 7) is 4.17. The van der Waals surface area contributed by atoms with Crippen molar-refractivity contribution in [3.8, 4) is 5.75 Å². The first kappa shape index (κ1) is 17.5. The van der Waals surface area contributed by atoms with Gasteiger partial charge in [0.25, 0.3) is 0 Å². The summed E-state index contributed by atoms with van der Waals surface area (Å²) in [6.07, 6.45) is 2.22. The number of nitrogens with one attached hydrogen (secondary N) is 1. The highest BCUT2D eigenvalue weighted by Gasteiger charge is 2.34. The second-order valence-corrected chi connectivity index (χ2v) is 6.48. The summed E-state index contributed by atoms with van der Waals surface area (Å²) in [6, 6.07) is 5.25. The van der Waals surface area contributed by atoms with Crippen LogP contribution < -0.4 is 10.1 Å². The van der Waals surface area contributed by atoms with Crippen molar-refractivity contribution in [2.75, 3.05) is 19.0 Å². The Morgan fingerprint density at radius 2 is 2.24 bits per heavy atom. The molecule has 3 rings (SSSR count). The number of hydrogen-bond acceptors (Lipinski definition) is 6. The first-order valence-corrected chi connectivity index (χ1v) is 8.74. The molecule has 0 saturated heterocycles. The molecule has 2 heterocycles. The smallest absolute Gasteiger partial charge is 0.338 e. The van der Waals surface area contributed by atoms with Gasteiger partial charge in [0.15, 0.2) is 0 Å². The lowest BCUT2D eigenvalue weighted by atomic mass is 9.96. The Kier molecular flexibility index (Phi) is 5.08. The molecule has 1 aromatic heterocycles. The third-order valence-corrected chi connectivity index (χ3v) is 4.56. The number of carbonyl (C=O) groups is 1. The van der Waals surface area contributed by atoms with Crippen LogP contribution >= 0.6 is 15.9 Å². The summed E-state index contributed by atoms with van der Waals surface area (Å²) in [5.74, 6) is 0.943. The van der Waals surface area contributed by atoms with Gasteiger partial charge in [-0.05, 0) is 47.0 Å². The van der Waals surface area contributed by atoms with Gasteiger partial charge < -0.3 is 14.8 Å². The molecule has 0 fully saturated rings. The molecule has 7 nitrogen and oxygen atoms in total. The average molecular weight is 407 g/mol. The number of esters is 1. The lowest BCUT2D eigenvalue weighted by Crippen LogP contribution is -2.29. The molecular formula is C17H19BrN4O3. The van der Waals surface area contributed by atoms with E-state index in [9.17, 15) is 4.79 Å². The van der Waals surface area contributed by atoms with Crippen LogP contribution in [0.15, 0.2) is 40.3 Å². The van der Waals surface area contributed by atoms with E-state index in [-0.39, 0.29) is 5.97 Å². The van der Waals surface area contributed by atoms with Crippen molar-refractivity contribution in [3.05, 3.63) is 45.8 Å². The van der Waals surface area contributed by atoms with E-state index in [1.807, 2.05) is 32.0 Å². The number of allylic oxidation sites excluding steroid dienone is 1. The van der Waals surface area contributed by atoms with Crippen molar-refractivity contribution >= 4 is 27.8 Å². The minimum atomic E-state index is -0.426. The van der Waals surface area contributed by atoms with Crippen LogP contribution in [0.3, 0.4) is 0 Å². The van der Waals surface area contributed by atoms with Crippen molar-refractivity contribution in [1.82, 2.24) is 14.8 Å². The lowest BCUT2D eigenvalue weighted by Gasteiger charge is -2.28. The second-order valence-electron chi connectivity index (χ2n) is 5.62. The molecule has 8 heteroatoms. The number of fused-ring (bicyclic) bond motifs is 1. The Bertz CT molecular complexity index is 831. The molecule has 0 spiro atoms. The fourth-order valence-electron chi connectivity index (χ4n) is 2.79. The molecule has 25 heavy (non-hydrogen) atoms. The standard InChI is InChI=1S/C17H19BrN4O3/c1-4-7-25-16(23)14-10(2)21-17-19-9-20-22(17)15(14)11-5-6-13(24-3)12(18)8-11/h5-6,8-9,15H,4,7H2,1-3H3,(H,19,20,21). The van der Waals surface area contributed by atoms with Gasteiger partial charge >= 0.3 is 5.97 Å². The molecule has 132 valence electrons. The topological polar surface area (TPSA) is 78.3 Å². The lowest BCUT2D eigenvalue weighted by molar-refractivity contribution is -0.139. The van der Waals surface area contributed by atoms with Crippen molar-refractivity contribution in [1.29, 1.82) is 0 Å². The van der Waals surface area contributed by atoms with E-state index < -0.39 is 6.04 Å². The van der Waals surface area contributed by atoms with Crippen molar-refractivity contribution in [2.45, 2.75) is 26.3 Å². The Labute approximate surface area is 154 Å². The number of hydrogen-bond donors (Lipinski definition) is 1. The van der Waals surface area contributed by atoms with Gasteiger partial charge in [-0.25, -0.2) is 9.48 Å². The van der Waals surface area contributed by atoms with E-state index in [4.69, 9.17) is 9.47 Å². The molecule has 0 radical (unpaired) electrons. The SMILES string of the molecule is CCCOC(=O)C1=C(C)Nc2ncnn2C1c1ccc(OC)c(Br)c1. The number of halogens is 1. The summed E-state index contributed by atoms with van der Waals surface area (Å²) in [4.78, 5) is 16.9. The zero-order valence-electron chi connectivity index (χ0n) is 14.2. The Morgan fingerprint density at radius 1 is 1.44 bits per heavy atom. The van der Waals surface area contributed by atoms with Gasteiger partial charge in [-0.2, -0.15) is 10.1 Å². The maximum Gasteiger partial charge on any atom is 0.338 e. The highest BCUT2D eigenvalue weighted by molar-refractivity contribution is 9.10. The number of aromatic nitrogens is 3. The molecule has 2 aromatic rings. The first-order valence-electron chi connectivity index (χ1n) is 7.94. The molecule has 0 bridgehead atoms. The van der Waals surface area contributed by atoms with E-state index in [1.54, 1.807) is 11.8 Å². The van der Waals surface area contributed by atoms with Gasteiger partial charge in [0.2, 0.25) is 5.95 Å². The zero-order valence-corrected chi connectivity index (χ0v) is 15.8. The van der Waals surface area contributed by atoms with Crippen LogP contribution in [0.2, 0.25) is 0 Å². The quantitative estimate of drug-likeness (QED) is 0.767. The summed E-state index contributed by atoms with van der Waals surface area (Å²) in [7, 11) is 1.61. The average Bonchev–Trinajstić information content (AvgIpc) is 3.06. The number of methoxy groups -OCH3 is 1. The van der Waals surface area contributed by atoms with E-state index in [0.29, 0.717) is 29.6 Å². The minimum Gasteiger partial charge on any atom is -0.496 e. The van der Waals surface area contributed by atoms with Gasteiger partial charge in [-0.15, -0.1) is 0 Å². The van der Waals surface area contributed by atoms with Crippen molar-refractivity contribution < 1.29 is 14.3 Å². The normalized spacial score (nSPS) is 16.2. The minimum absolute atomic E-state index is 0.357. The highest BCUT2D eigenvalue weighted by Crippen LogP contribution is 2.37. The molecule has 1 aliphatic rings. The van der Waals surface area contributed by atoms with Crippen LogP contribution in [0, 0.1) is 0 Å².